The highest BCUT2D eigenvalue weighted by Crippen LogP contribution is 2.24. The molecule has 96 valence electrons. The van der Waals surface area contributed by atoms with Crippen LogP contribution in [-0.2, 0) is 12.8 Å². The molecule has 0 saturated carbocycles. The second kappa shape index (κ2) is 7.62. The molecule has 1 aromatic carbocycles. The van der Waals surface area contributed by atoms with E-state index in [2.05, 4.69) is 6.92 Å². The molecular weight excluding hydrogens is 232 g/mol. The van der Waals surface area contributed by atoms with Crippen molar-refractivity contribution in [1.29, 1.82) is 0 Å². The van der Waals surface area contributed by atoms with Gasteiger partial charge in [-0.05, 0) is 43.1 Å². The van der Waals surface area contributed by atoms with E-state index in [1.807, 2.05) is 25.1 Å². The van der Waals surface area contributed by atoms with Crippen molar-refractivity contribution >= 4 is 11.8 Å². The van der Waals surface area contributed by atoms with Crippen molar-refractivity contribution < 1.29 is 10.2 Å². The zero-order valence-electron chi connectivity index (χ0n) is 10.6. The van der Waals surface area contributed by atoms with E-state index in [0.29, 0.717) is 5.75 Å². The van der Waals surface area contributed by atoms with Crippen molar-refractivity contribution in [2.24, 2.45) is 0 Å². The summed E-state index contributed by atoms with van der Waals surface area (Å²) < 4.78 is 0. The lowest BCUT2D eigenvalue weighted by molar-refractivity contribution is 0.220. The number of hydrogen-bond acceptors (Lipinski definition) is 3. The molecule has 0 heterocycles. The Morgan fingerprint density at radius 2 is 2.00 bits per heavy atom. The molecule has 1 rings (SSSR count). The predicted molar refractivity (Wildman–Crippen MR) is 74.8 cm³/mol. The van der Waals surface area contributed by atoms with Crippen LogP contribution in [-0.4, -0.2) is 27.8 Å². The summed E-state index contributed by atoms with van der Waals surface area (Å²) in [6, 6.07) is 5.98. The minimum atomic E-state index is -0.225. The van der Waals surface area contributed by atoms with E-state index < -0.39 is 0 Å². The Balaban J connectivity index is 2.36. The fourth-order valence-electron chi connectivity index (χ4n) is 1.75. The summed E-state index contributed by atoms with van der Waals surface area (Å²) in [6.07, 6.45) is 2.60. The third kappa shape index (κ3) is 5.00. The predicted octanol–water partition coefficient (Wildman–Crippen LogP) is 3.00. The van der Waals surface area contributed by atoms with Crippen LogP contribution in [0.4, 0.5) is 0 Å². The van der Waals surface area contributed by atoms with Gasteiger partial charge in [0.1, 0.15) is 5.75 Å². The summed E-state index contributed by atoms with van der Waals surface area (Å²) in [5.41, 5.74) is 2.07. The Morgan fingerprint density at radius 1 is 1.29 bits per heavy atom. The first-order valence-corrected chi connectivity index (χ1v) is 7.36. The van der Waals surface area contributed by atoms with Crippen molar-refractivity contribution in [2.45, 2.75) is 39.2 Å². The largest absolute Gasteiger partial charge is 0.507 e. The summed E-state index contributed by atoms with van der Waals surface area (Å²) in [5.74, 6) is 2.29. The number of thioether (sulfide) groups is 1. The van der Waals surface area contributed by atoms with Gasteiger partial charge in [-0.15, -0.1) is 0 Å². The maximum atomic E-state index is 9.99. The lowest BCUT2D eigenvalue weighted by atomic mass is 10.0. The van der Waals surface area contributed by atoms with Gasteiger partial charge in [-0.2, -0.15) is 11.8 Å². The molecule has 3 heteroatoms. The van der Waals surface area contributed by atoms with Crippen LogP contribution in [0.25, 0.3) is 0 Å². The van der Waals surface area contributed by atoms with E-state index in [4.69, 9.17) is 5.11 Å². The third-order valence-electron chi connectivity index (χ3n) is 2.68. The first-order valence-electron chi connectivity index (χ1n) is 6.20. The van der Waals surface area contributed by atoms with Gasteiger partial charge in [-0.1, -0.05) is 25.1 Å². The second-order valence-electron chi connectivity index (χ2n) is 4.31. The fraction of sp³-hybridized carbons (Fsp3) is 0.571. The maximum Gasteiger partial charge on any atom is 0.121 e. The molecule has 0 amide bonds. The van der Waals surface area contributed by atoms with Crippen molar-refractivity contribution in [3.05, 3.63) is 29.3 Å². The van der Waals surface area contributed by atoms with E-state index >= 15 is 0 Å². The first-order chi connectivity index (χ1) is 8.15. The quantitative estimate of drug-likeness (QED) is 0.735. The molecule has 0 fully saturated rings. The van der Waals surface area contributed by atoms with Crippen LogP contribution in [0.15, 0.2) is 18.2 Å². The molecule has 17 heavy (non-hydrogen) atoms. The van der Waals surface area contributed by atoms with Crippen molar-refractivity contribution in [2.75, 3.05) is 11.5 Å². The number of benzene rings is 1. The van der Waals surface area contributed by atoms with Crippen LogP contribution in [0.2, 0.25) is 0 Å². The van der Waals surface area contributed by atoms with E-state index in [9.17, 15) is 5.11 Å². The van der Waals surface area contributed by atoms with Crippen molar-refractivity contribution in [1.82, 2.24) is 0 Å². The van der Waals surface area contributed by atoms with E-state index in [-0.39, 0.29) is 6.10 Å². The second-order valence-corrected chi connectivity index (χ2v) is 5.46. The Hall–Kier alpha value is -0.670. The summed E-state index contributed by atoms with van der Waals surface area (Å²) in [5, 5.41) is 19.1. The molecule has 0 radical (unpaired) electrons. The number of para-hydroxylation sites is 1. The van der Waals surface area contributed by atoms with Crippen LogP contribution in [0, 0.1) is 0 Å². The Kier molecular flexibility index (Phi) is 6.45. The molecule has 1 unspecified atom stereocenters. The standard InChI is InChI=1S/C14H22O2S/c1-3-12-6-4-7-13(14(12)16)8-5-9-17-10-11(2)15/h4,6-7,11,15-16H,3,5,8-10H2,1-2H3. The van der Waals surface area contributed by atoms with E-state index in [1.54, 1.807) is 11.8 Å². The van der Waals surface area contributed by atoms with Gasteiger partial charge in [0.15, 0.2) is 0 Å². The first kappa shape index (κ1) is 14.4. The van der Waals surface area contributed by atoms with Crippen LogP contribution in [0.1, 0.15) is 31.4 Å². The molecule has 0 aromatic heterocycles. The molecule has 1 aromatic rings. The SMILES string of the molecule is CCc1cccc(CCCSCC(C)O)c1O. The molecule has 0 bridgehead atoms. The van der Waals surface area contributed by atoms with Gasteiger partial charge < -0.3 is 10.2 Å². The topological polar surface area (TPSA) is 40.5 Å². The Labute approximate surface area is 108 Å². The van der Waals surface area contributed by atoms with Gasteiger partial charge in [0.2, 0.25) is 0 Å². The number of aliphatic hydroxyl groups excluding tert-OH is 1. The van der Waals surface area contributed by atoms with Gasteiger partial charge in [-0.25, -0.2) is 0 Å². The highest BCUT2D eigenvalue weighted by atomic mass is 32.2. The smallest absolute Gasteiger partial charge is 0.121 e. The molecule has 2 nitrogen and oxygen atoms in total. The van der Waals surface area contributed by atoms with Gasteiger partial charge >= 0.3 is 0 Å². The van der Waals surface area contributed by atoms with Crippen molar-refractivity contribution in [3.8, 4) is 5.75 Å². The normalized spacial score (nSPS) is 12.6. The summed E-state index contributed by atoms with van der Waals surface area (Å²) in [7, 11) is 0. The van der Waals surface area contributed by atoms with Crippen molar-refractivity contribution in [3.63, 3.8) is 0 Å². The van der Waals surface area contributed by atoms with Gasteiger partial charge in [0.05, 0.1) is 6.10 Å². The Morgan fingerprint density at radius 3 is 2.65 bits per heavy atom. The zero-order valence-corrected chi connectivity index (χ0v) is 11.5. The highest BCUT2D eigenvalue weighted by Gasteiger charge is 2.05. The van der Waals surface area contributed by atoms with Gasteiger partial charge in [-0.3, -0.25) is 0 Å². The molecular formula is C14H22O2S. The number of aliphatic hydroxyl groups is 1. The monoisotopic (exact) mass is 254 g/mol. The zero-order chi connectivity index (χ0) is 12.7. The van der Waals surface area contributed by atoms with Gasteiger partial charge in [0.25, 0.3) is 0 Å². The minimum absolute atomic E-state index is 0.225. The molecule has 0 aliphatic heterocycles. The van der Waals surface area contributed by atoms with E-state index in [1.165, 1.54) is 0 Å². The summed E-state index contributed by atoms with van der Waals surface area (Å²) in [4.78, 5) is 0. The number of phenolic OH excluding ortho intramolecular Hbond substituents is 1. The summed E-state index contributed by atoms with van der Waals surface area (Å²) in [6.45, 7) is 3.86. The molecule has 1 atom stereocenters. The average Bonchev–Trinajstić information content (AvgIpc) is 2.30. The number of aromatic hydroxyl groups is 1. The lowest BCUT2D eigenvalue weighted by Crippen LogP contribution is -2.03. The average molecular weight is 254 g/mol. The molecule has 0 aliphatic rings. The number of hydrogen-bond donors (Lipinski definition) is 2. The van der Waals surface area contributed by atoms with Crippen LogP contribution in [0.3, 0.4) is 0 Å². The summed E-state index contributed by atoms with van der Waals surface area (Å²) >= 11 is 1.76. The number of aryl methyl sites for hydroxylation is 2. The molecule has 0 aliphatic carbocycles. The molecule has 0 spiro atoms. The fourth-order valence-corrected chi connectivity index (χ4v) is 2.61. The van der Waals surface area contributed by atoms with E-state index in [0.717, 1.165) is 41.9 Å². The third-order valence-corrected chi connectivity index (χ3v) is 3.97. The molecule has 0 saturated heterocycles. The highest BCUT2D eigenvalue weighted by molar-refractivity contribution is 7.99. The number of phenols is 1. The molecule has 2 N–H and O–H groups in total. The Bertz CT molecular complexity index is 337. The minimum Gasteiger partial charge on any atom is -0.507 e. The lowest BCUT2D eigenvalue weighted by Gasteiger charge is -2.08. The van der Waals surface area contributed by atoms with Crippen LogP contribution >= 0.6 is 11.8 Å². The van der Waals surface area contributed by atoms with Crippen LogP contribution in [0.5, 0.6) is 5.75 Å². The number of rotatable bonds is 7. The maximum absolute atomic E-state index is 9.99. The van der Waals surface area contributed by atoms with Gasteiger partial charge in [0, 0.05) is 5.75 Å². The van der Waals surface area contributed by atoms with Crippen LogP contribution < -0.4 is 0 Å².